The molecule has 1 aromatic rings. The topological polar surface area (TPSA) is 34.5 Å². The molecule has 0 radical (unpaired) electrons. The molecule has 1 aromatic heterocycles. The van der Waals surface area contributed by atoms with Crippen molar-refractivity contribution in [3.05, 3.63) is 29.6 Å². The van der Waals surface area contributed by atoms with Gasteiger partial charge in [0.25, 0.3) is 0 Å². The largest absolute Gasteiger partial charge is 0.396 e. The highest BCUT2D eigenvalue weighted by molar-refractivity contribution is 5.76. The minimum Gasteiger partial charge on any atom is -0.396 e. The number of hydrogen-bond acceptors (Lipinski definition) is 3. The lowest BCUT2D eigenvalue weighted by Gasteiger charge is -2.01. The molecule has 0 atom stereocenters. The zero-order valence-corrected chi connectivity index (χ0v) is 9.60. The van der Waals surface area contributed by atoms with Gasteiger partial charge >= 0.3 is 0 Å². The van der Waals surface area contributed by atoms with Crippen LogP contribution >= 0.6 is 0 Å². The van der Waals surface area contributed by atoms with Crippen molar-refractivity contribution in [3.8, 4) is 0 Å². The van der Waals surface area contributed by atoms with Crippen LogP contribution < -0.4 is 0 Å². The molecule has 0 unspecified atom stereocenters. The third-order valence-electron chi connectivity index (χ3n) is 1.96. The second-order valence-corrected chi connectivity index (χ2v) is 3.95. The van der Waals surface area contributed by atoms with E-state index in [1.807, 2.05) is 25.1 Å². The number of pyridine rings is 1. The van der Waals surface area contributed by atoms with E-state index in [-0.39, 0.29) is 0 Å². The first-order valence-electron chi connectivity index (χ1n) is 5.27. The number of aryl methyl sites for hydroxylation is 1. The predicted octanol–water partition coefficient (Wildman–Crippen LogP) is 2.79. The van der Waals surface area contributed by atoms with Crippen molar-refractivity contribution in [2.45, 2.75) is 27.2 Å². The van der Waals surface area contributed by atoms with Gasteiger partial charge in [-0.1, -0.05) is 25.1 Å². The molecule has 1 heterocycles. The van der Waals surface area contributed by atoms with E-state index >= 15 is 0 Å². The van der Waals surface area contributed by atoms with Gasteiger partial charge in [-0.05, 0) is 31.4 Å². The van der Waals surface area contributed by atoms with Gasteiger partial charge < -0.3 is 4.84 Å². The molecule has 1 rings (SSSR count). The average Bonchev–Trinajstić information content (AvgIpc) is 2.17. The van der Waals surface area contributed by atoms with E-state index in [0.717, 1.165) is 17.8 Å². The molecule has 0 amide bonds. The summed E-state index contributed by atoms with van der Waals surface area (Å²) < 4.78 is 0. The number of rotatable bonds is 5. The van der Waals surface area contributed by atoms with E-state index in [2.05, 4.69) is 24.0 Å². The molecular weight excluding hydrogens is 188 g/mol. The monoisotopic (exact) mass is 206 g/mol. The first kappa shape index (κ1) is 11.7. The summed E-state index contributed by atoms with van der Waals surface area (Å²) in [6, 6.07) is 5.82. The molecule has 82 valence electrons. The highest BCUT2D eigenvalue weighted by Gasteiger charge is 1.93. The van der Waals surface area contributed by atoms with Crippen molar-refractivity contribution >= 4 is 6.21 Å². The maximum Gasteiger partial charge on any atom is 0.117 e. The zero-order chi connectivity index (χ0) is 11.1. The number of nitrogens with zero attached hydrogens (tertiary/aromatic N) is 2. The van der Waals surface area contributed by atoms with Crippen LogP contribution in [0.3, 0.4) is 0 Å². The maximum absolute atomic E-state index is 5.12. The molecule has 0 aliphatic rings. The van der Waals surface area contributed by atoms with Gasteiger partial charge in [-0.15, -0.1) is 0 Å². The summed E-state index contributed by atoms with van der Waals surface area (Å²) in [7, 11) is 0. The molecule has 0 saturated heterocycles. The van der Waals surface area contributed by atoms with Crippen molar-refractivity contribution in [1.82, 2.24) is 4.98 Å². The summed E-state index contributed by atoms with van der Waals surface area (Å²) in [5, 5.41) is 3.87. The minimum absolute atomic E-state index is 0.650. The smallest absolute Gasteiger partial charge is 0.117 e. The van der Waals surface area contributed by atoms with Crippen molar-refractivity contribution in [2.24, 2.45) is 11.1 Å². The SMILES string of the molecule is Cc1cccc(/C=N\OCCC(C)C)n1. The lowest BCUT2D eigenvalue weighted by molar-refractivity contribution is 0.134. The lowest BCUT2D eigenvalue weighted by Crippen LogP contribution is -1.95. The van der Waals surface area contributed by atoms with E-state index in [1.54, 1.807) is 6.21 Å². The summed E-state index contributed by atoms with van der Waals surface area (Å²) in [4.78, 5) is 9.39. The van der Waals surface area contributed by atoms with E-state index in [9.17, 15) is 0 Å². The molecular formula is C12H18N2O. The van der Waals surface area contributed by atoms with Crippen molar-refractivity contribution < 1.29 is 4.84 Å². The average molecular weight is 206 g/mol. The Morgan fingerprint density at radius 3 is 2.93 bits per heavy atom. The van der Waals surface area contributed by atoms with Crippen molar-refractivity contribution in [2.75, 3.05) is 6.61 Å². The fraction of sp³-hybridized carbons (Fsp3) is 0.500. The third kappa shape index (κ3) is 5.15. The van der Waals surface area contributed by atoms with Gasteiger partial charge in [0.05, 0.1) is 11.9 Å². The van der Waals surface area contributed by atoms with Crippen LogP contribution in [0.25, 0.3) is 0 Å². The molecule has 0 bridgehead atoms. The zero-order valence-electron chi connectivity index (χ0n) is 9.60. The Kier molecular flexibility index (Phi) is 4.81. The minimum atomic E-state index is 0.650. The molecule has 0 N–H and O–H groups in total. The van der Waals surface area contributed by atoms with Crippen molar-refractivity contribution in [1.29, 1.82) is 0 Å². The van der Waals surface area contributed by atoms with E-state index < -0.39 is 0 Å². The van der Waals surface area contributed by atoms with Gasteiger partial charge in [-0.25, -0.2) is 0 Å². The van der Waals surface area contributed by atoms with Gasteiger partial charge in [0.2, 0.25) is 0 Å². The second kappa shape index (κ2) is 6.17. The number of oxime groups is 1. The molecule has 0 spiro atoms. The van der Waals surface area contributed by atoms with Gasteiger partial charge in [0.1, 0.15) is 6.61 Å². The Morgan fingerprint density at radius 2 is 2.27 bits per heavy atom. The molecule has 0 aromatic carbocycles. The Hall–Kier alpha value is -1.38. The highest BCUT2D eigenvalue weighted by atomic mass is 16.6. The first-order chi connectivity index (χ1) is 7.18. The van der Waals surface area contributed by atoms with E-state index in [1.165, 1.54) is 0 Å². The molecule has 15 heavy (non-hydrogen) atoms. The van der Waals surface area contributed by atoms with Crippen LogP contribution in [0, 0.1) is 12.8 Å². The fourth-order valence-corrected chi connectivity index (χ4v) is 1.07. The number of hydrogen-bond donors (Lipinski definition) is 0. The van der Waals surface area contributed by atoms with Crippen LogP contribution in [-0.2, 0) is 4.84 Å². The molecule has 3 heteroatoms. The van der Waals surface area contributed by atoms with Crippen LogP contribution in [-0.4, -0.2) is 17.8 Å². The van der Waals surface area contributed by atoms with Crippen LogP contribution in [0.1, 0.15) is 31.7 Å². The first-order valence-corrected chi connectivity index (χ1v) is 5.27. The van der Waals surface area contributed by atoms with Gasteiger partial charge in [0.15, 0.2) is 0 Å². The normalized spacial score (nSPS) is 11.2. The summed E-state index contributed by atoms with van der Waals surface area (Å²) in [5.74, 6) is 0.650. The van der Waals surface area contributed by atoms with Gasteiger partial charge in [-0.3, -0.25) is 4.98 Å². The van der Waals surface area contributed by atoms with Crippen molar-refractivity contribution in [3.63, 3.8) is 0 Å². The van der Waals surface area contributed by atoms with Crippen LogP contribution in [0.15, 0.2) is 23.4 Å². The summed E-state index contributed by atoms with van der Waals surface area (Å²) in [5.41, 5.74) is 1.82. The summed E-state index contributed by atoms with van der Waals surface area (Å²) in [6.45, 7) is 6.95. The van der Waals surface area contributed by atoms with Crippen LogP contribution in [0.4, 0.5) is 0 Å². The van der Waals surface area contributed by atoms with Gasteiger partial charge in [-0.2, -0.15) is 0 Å². The summed E-state index contributed by atoms with van der Waals surface area (Å²) in [6.07, 6.45) is 2.67. The fourth-order valence-electron chi connectivity index (χ4n) is 1.07. The molecule has 0 aliphatic heterocycles. The van der Waals surface area contributed by atoms with E-state index in [4.69, 9.17) is 4.84 Å². The second-order valence-electron chi connectivity index (χ2n) is 3.95. The summed E-state index contributed by atoms with van der Waals surface area (Å²) >= 11 is 0. The Bertz CT molecular complexity index is 321. The molecule has 0 aliphatic carbocycles. The Balaban J connectivity index is 2.32. The maximum atomic E-state index is 5.12. The third-order valence-corrected chi connectivity index (χ3v) is 1.96. The van der Waals surface area contributed by atoms with E-state index in [0.29, 0.717) is 12.5 Å². The van der Waals surface area contributed by atoms with Gasteiger partial charge in [0, 0.05) is 5.69 Å². The Morgan fingerprint density at radius 1 is 1.47 bits per heavy atom. The molecule has 0 saturated carbocycles. The molecule has 0 fully saturated rings. The quantitative estimate of drug-likeness (QED) is 0.422. The lowest BCUT2D eigenvalue weighted by atomic mass is 10.1. The highest BCUT2D eigenvalue weighted by Crippen LogP contribution is 1.99. The number of aromatic nitrogens is 1. The predicted molar refractivity (Wildman–Crippen MR) is 62.0 cm³/mol. The van der Waals surface area contributed by atoms with Crippen LogP contribution in [0.2, 0.25) is 0 Å². The standard InChI is InChI=1S/C12H18N2O/c1-10(2)7-8-15-13-9-12-6-4-5-11(3)14-12/h4-6,9-10H,7-8H2,1-3H3/b13-9-. The molecule has 3 nitrogen and oxygen atoms in total. The van der Waals surface area contributed by atoms with Crippen LogP contribution in [0.5, 0.6) is 0 Å². The Labute approximate surface area is 91.2 Å².